The number of aryl methyl sites for hydroxylation is 1. The fraction of sp³-hybridized carbons (Fsp3) is 0.316. The molecule has 1 unspecified atom stereocenters. The average Bonchev–Trinajstić information content (AvgIpc) is 3.01. The molecule has 1 atom stereocenters. The van der Waals surface area contributed by atoms with Crippen molar-refractivity contribution in [3.05, 3.63) is 64.7 Å². The Labute approximate surface area is 144 Å². The molecule has 1 aliphatic rings. The molecule has 0 saturated heterocycles. The molecule has 1 amide bonds. The van der Waals surface area contributed by atoms with Crippen molar-refractivity contribution in [3.8, 4) is 0 Å². The van der Waals surface area contributed by atoms with Gasteiger partial charge < -0.3 is 10.2 Å². The van der Waals surface area contributed by atoms with E-state index < -0.39 is 0 Å². The molecule has 1 N–H and O–H groups in total. The van der Waals surface area contributed by atoms with Crippen LogP contribution in [-0.2, 0) is 6.42 Å². The minimum Gasteiger partial charge on any atom is -0.384 e. The number of fused-ring (bicyclic) bond motifs is 1. The van der Waals surface area contributed by atoms with Crippen molar-refractivity contribution in [2.24, 2.45) is 0 Å². The zero-order valence-corrected chi connectivity index (χ0v) is 14.6. The number of carbonyl (C=O) groups is 1. The Kier molecular flexibility index (Phi) is 5.32. The molecule has 122 valence electrons. The Morgan fingerprint density at radius 1 is 1.17 bits per heavy atom. The third kappa shape index (κ3) is 3.50. The summed E-state index contributed by atoms with van der Waals surface area (Å²) >= 11 is 0. The lowest BCUT2D eigenvalue weighted by Crippen LogP contribution is -2.29. The van der Waals surface area contributed by atoms with Gasteiger partial charge in [0.05, 0.1) is 6.04 Å². The highest BCUT2D eigenvalue weighted by molar-refractivity contribution is 5.95. The van der Waals surface area contributed by atoms with Crippen LogP contribution in [0.3, 0.4) is 0 Å². The van der Waals surface area contributed by atoms with Gasteiger partial charge in [-0.3, -0.25) is 4.79 Å². The maximum absolute atomic E-state index is 12.7. The van der Waals surface area contributed by atoms with E-state index in [0.717, 1.165) is 29.8 Å². The highest BCUT2D eigenvalue weighted by atomic mass is 35.5. The molecule has 1 heterocycles. The molecule has 3 nitrogen and oxygen atoms in total. The number of anilines is 1. The molecule has 0 radical (unpaired) electrons. The minimum absolute atomic E-state index is 0. The SMILES string of the molecule is Cc1ccc(C(C)N(C)C(=O)c2ccc3c(c2)CCN3)cc1.Cl. The van der Waals surface area contributed by atoms with Crippen LogP contribution < -0.4 is 5.32 Å². The standard InChI is InChI=1S/C19H22N2O.ClH/c1-13-4-6-15(7-5-13)14(2)21(3)19(22)17-8-9-18-16(12-17)10-11-20-18;/h4-9,12,14,20H,10-11H2,1-3H3;1H. The second kappa shape index (κ2) is 7.05. The molecule has 0 fully saturated rings. The molecule has 0 aromatic heterocycles. The topological polar surface area (TPSA) is 32.3 Å². The van der Waals surface area contributed by atoms with Crippen molar-refractivity contribution >= 4 is 24.0 Å². The van der Waals surface area contributed by atoms with Gasteiger partial charge in [-0.25, -0.2) is 0 Å². The van der Waals surface area contributed by atoms with Crippen LogP contribution >= 0.6 is 12.4 Å². The second-order valence-electron chi connectivity index (χ2n) is 6.05. The molecule has 0 saturated carbocycles. The first-order chi connectivity index (χ1) is 10.6. The van der Waals surface area contributed by atoms with Crippen LogP contribution in [0.4, 0.5) is 5.69 Å². The number of amides is 1. The van der Waals surface area contributed by atoms with Gasteiger partial charge in [0.25, 0.3) is 5.91 Å². The van der Waals surface area contributed by atoms with Crippen LogP contribution in [0.2, 0.25) is 0 Å². The summed E-state index contributed by atoms with van der Waals surface area (Å²) in [4.78, 5) is 14.5. The Morgan fingerprint density at radius 2 is 1.87 bits per heavy atom. The number of halogens is 1. The van der Waals surface area contributed by atoms with Gasteiger partial charge in [-0.1, -0.05) is 29.8 Å². The second-order valence-corrected chi connectivity index (χ2v) is 6.05. The van der Waals surface area contributed by atoms with Crippen molar-refractivity contribution < 1.29 is 4.79 Å². The minimum atomic E-state index is 0. The highest BCUT2D eigenvalue weighted by Crippen LogP contribution is 2.26. The van der Waals surface area contributed by atoms with E-state index in [9.17, 15) is 4.79 Å². The molecule has 0 spiro atoms. The van der Waals surface area contributed by atoms with Crippen molar-refractivity contribution in [1.29, 1.82) is 0 Å². The number of hydrogen-bond donors (Lipinski definition) is 1. The van der Waals surface area contributed by atoms with Crippen LogP contribution in [0.1, 0.15) is 40.0 Å². The van der Waals surface area contributed by atoms with Crippen LogP contribution in [0.15, 0.2) is 42.5 Å². The predicted octanol–water partition coefficient (Wildman–Crippen LogP) is 4.22. The summed E-state index contributed by atoms with van der Waals surface area (Å²) in [6.45, 7) is 5.10. The number of nitrogens with one attached hydrogen (secondary N) is 1. The lowest BCUT2D eigenvalue weighted by Gasteiger charge is -2.25. The van der Waals surface area contributed by atoms with E-state index in [1.807, 2.05) is 30.1 Å². The monoisotopic (exact) mass is 330 g/mol. The van der Waals surface area contributed by atoms with Gasteiger partial charge in [0, 0.05) is 24.8 Å². The molecule has 3 rings (SSSR count). The van der Waals surface area contributed by atoms with Crippen LogP contribution in [-0.4, -0.2) is 24.4 Å². The van der Waals surface area contributed by atoms with Crippen molar-refractivity contribution in [3.63, 3.8) is 0 Å². The van der Waals surface area contributed by atoms with Crippen molar-refractivity contribution in [2.75, 3.05) is 18.9 Å². The Balaban J connectivity index is 0.00000192. The van der Waals surface area contributed by atoms with Gasteiger partial charge in [0.2, 0.25) is 0 Å². The van der Waals surface area contributed by atoms with Crippen LogP contribution in [0.25, 0.3) is 0 Å². The lowest BCUT2D eigenvalue weighted by atomic mass is 10.0. The Bertz CT molecular complexity index is 697. The van der Waals surface area contributed by atoms with Crippen LogP contribution in [0.5, 0.6) is 0 Å². The van der Waals surface area contributed by atoms with Crippen molar-refractivity contribution in [2.45, 2.75) is 26.3 Å². The largest absolute Gasteiger partial charge is 0.384 e. The van der Waals surface area contributed by atoms with Gasteiger partial charge >= 0.3 is 0 Å². The van der Waals surface area contributed by atoms with E-state index in [-0.39, 0.29) is 24.4 Å². The normalized spacial score (nSPS) is 13.5. The molecular weight excluding hydrogens is 308 g/mol. The molecule has 23 heavy (non-hydrogen) atoms. The van der Waals surface area contributed by atoms with Gasteiger partial charge in [0.15, 0.2) is 0 Å². The summed E-state index contributed by atoms with van der Waals surface area (Å²) in [6.07, 6.45) is 0.994. The first kappa shape index (κ1) is 17.4. The Morgan fingerprint density at radius 3 is 2.57 bits per heavy atom. The van der Waals surface area contributed by atoms with E-state index in [4.69, 9.17) is 0 Å². The summed E-state index contributed by atoms with van der Waals surface area (Å²) in [5.74, 6) is 0.0720. The summed E-state index contributed by atoms with van der Waals surface area (Å²) < 4.78 is 0. The fourth-order valence-corrected chi connectivity index (χ4v) is 2.89. The fourth-order valence-electron chi connectivity index (χ4n) is 2.89. The van der Waals surface area contributed by atoms with E-state index >= 15 is 0 Å². The number of carbonyl (C=O) groups excluding carboxylic acids is 1. The third-order valence-electron chi connectivity index (χ3n) is 4.52. The predicted molar refractivity (Wildman–Crippen MR) is 97.6 cm³/mol. The third-order valence-corrected chi connectivity index (χ3v) is 4.52. The van der Waals surface area contributed by atoms with Crippen molar-refractivity contribution in [1.82, 2.24) is 4.90 Å². The maximum Gasteiger partial charge on any atom is 0.254 e. The molecule has 0 aliphatic carbocycles. The number of benzene rings is 2. The van der Waals surface area contributed by atoms with E-state index in [1.54, 1.807) is 0 Å². The number of hydrogen-bond acceptors (Lipinski definition) is 2. The number of rotatable bonds is 3. The molecule has 2 aromatic carbocycles. The highest BCUT2D eigenvalue weighted by Gasteiger charge is 2.20. The first-order valence-electron chi connectivity index (χ1n) is 7.77. The summed E-state index contributed by atoms with van der Waals surface area (Å²) in [7, 11) is 1.87. The van der Waals surface area contributed by atoms with Gasteiger partial charge in [0.1, 0.15) is 0 Å². The van der Waals surface area contributed by atoms with Gasteiger partial charge in [-0.15, -0.1) is 12.4 Å². The van der Waals surface area contributed by atoms with Gasteiger partial charge in [-0.2, -0.15) is 0 Å². The maximum atomic E-state index is 12.7. The zero-order chi connectivity index (χ0) is 15.7. The summed E-state index contributed by atoms with van der Waals surface area (Å²) in [5.41, 5.74) is 5.55. The van der Waals surface area contributed by atoms with Crippen LogP contribution in [0, 0.1) is 6.92 Å². The first-order valence-corrected chi connectivity index (χ1v) is 7.77. The van der Waals surface area contributed by atoms with Gasteiger partial charge in [-0.05, 0) is 49.6 Å². The van der Waals surface area contributed by atoms with E-state index in [1.165, 1.54) is 11.1 Å². The lowest BCUT2D eigenvalue weighted by molar-refractivity contribution is 0.0742. The van der Waals surface area contributed by atoms with E-state index in [0.29, 0.717) is 0 Å². The molecule has 1 aliphatic heterocycles. The molecule has 4 heteroatoms. The smallest absolute Gasteiger partial charge is 0.254 e. The zero-order valence-electron chi connectivity index (χ0n) is 13.8. The average molecular weight is 331 g/mol. The molecule has 2 aromatic rings. The molecule has 0 bridgehead atoms. The van der Waals surface area contributed by atoms with E-state index in [2.05, 4.69) is 43.4 Å². The Hall–Kier alpha value is -2.00. The summed E-state index contributed by atoms with van der Waals surface area (Å²) in [6, 6.07) is 14.4. The quantitative estimate of drug-likeness (QED) is 0.914. The number of nitrogens with zero attached hydrogens (tertiary/aromatic N) is 1. The summed E-state index contributed by atoms with van der Waals surface area (Å²) in [5, 5.41) is 3.32. The molecular formula is C19H23ClN2O.